The Hall–Kier alpha value is -3.18. The van der Waals surface area contributed by atoms with Crippen molar-refractivity contribution in [2.24, 2.45) is 0 Å². The minimum Gasteiger partial charge on any atom is -0.352 e. The monoisotopic (exact) mass is 466 g/mol. The molecule has 172 valence electrons. The lowest BCUT2D eigenvalue weighted by Crippen LogP contribution is -2.52. The maximum Gasteiger partial charge on any atom is 0.243 e. The van der Waals surface area contributed by atoms with E-state index < -0.39 is 11.9 Å². The van der Waals surface area contributed by atoms with Crippen LogP contribution in [0, 0.1) is 5.82 Å². The second-order valence-electron chi connectivity index (χ2n) is 8.29. The fourth-order valence-corrected chi connectivity index (χ4v) is 3.75. The van der Waals surface area contributed by atoms with Crippen molar-refractivity contribution in [3.63, 3.8) is 0 Å². The van der Waals surface area contributed by atoms with Crippen LogP contribution in [0.15, 0.2) is 78.9 Å². The van der Waals surface area contributed by atoms with Gasteiger partial charge in [-0.15, -0.1) is 0 Å². The van der Waals surface area contributed by atoms with E-state index in [9.17, 15) is 14.0 Å². The number of halogens is 2. The van der Waals surface area contributed by atoms with Crippen LogP contribution < -0.4 is 5.32 Å². The molecule has 0 aliphatic carbocycles. The molecule has 1 N–H and O–H groups in total. The normalized spacial score (nSPS) is 11.8. The van der Waals surface area contributed by atoms with Crippen LogP contribution in [-0.2, 0) is 29.0 Å². The molecule has 33 heavy (non-hydrogen) atoms. The quantitative estimate of drug-likeness (QED) is 0.472. The Balaban J connectivity index is 1.97. The lowest BCUT2D eigenvalue weighted by Gasteiger charge is -2.32. The highest BCUT2D eigenvalue weighted by Gasteiger charge is 2.31. The molecular weight excluding hydrogens is 439 g/mol. The van der Waals surface area contributed by atoms with Crippen molar-refractivity contribution in [1.29, 1.82) is 0 Å². The van der Waals surface area contributed by atoms with E-state index in [1.807, 2.05) is 56.3 Å². The summed E-state index contributed by atoms with van der Waals surface area (Å²) in [6.45, 7) is 3.96. The molecule has 0 radical (unpaired) electrons. The van der Waals surface area contributed by atoms with Gasteiger partial charge in [0.2, 0.25) is 11.8 Å². The number of hydrogen-bond acceptors (Lipinski definition) is 2. The molecule has 0 fully saturated rings. The molecule has 3 aromatic carbocycles. The smallest absolute Gasteiger partial charge is 0.243 e. The molecule has 0 bridgehead atoms. The Morgan fingerprint density at radius 1 is 0.909 bits per heavy atom. The van der Waals surface area contributed by atoms with Gasteiger partial charge in [-0.3, -0.25) is 9.59 Å². The van der Waals surface area contributed by atoms with Crippen LogP contribution in [0.2, 0.25) is 5.02 Å². The van der Waals surface area contributed by atoms with Crippen LogP contribution in [0.1, 0.15) is 30.5 Å². The molecular formula is C27H28ClFN2O2. The van der Waals surface area contributed by atoms with Crippen LogP contribution >= 0.6 is 11.6 Å². The van der Waals surface area contributed by atoms with Gasteiger partial charge in [-0.25, -0.2) is 4.39 Å². The summed E-state index contributed by atoms with van der Waals surface area (Å²) in [5, 5.41) is 3.53. The highest BCUT2D eigenvalue weighted by molar-refractivity contribution is 6.30. The minimum absolute atomic E-state index is 0.0881. The topological polar surface area (TPSA) is 49.4 Å². The van der Waals surface area contributed by atoms with E-state index in [2.05, 4.69) is 5.32 Å². The maximum atomic E-state index is 14.3. The van der Waals surface area contributed by atoms with Crippen LogP contribution in [0.3, 0.4) is 0 Å². The molecule has 0 aromatic heterocycles. The molecule has 0 unspecified atom stereocenters. The predicted octanol–water partition coefficient (Wildman–Crippen LogP) is 5.19. The van der Waals surface area contributed by atoms with Gasteiger partial charge in [0, 0.05) is 24.0 Å². The fourth-order valence-electron chi connectivity index (χ4n) is 3.63. The molecule has 0 heterocycles. The summed E-state index contributed by atoms with van der Waals surface area (Å²) in [5.74, 6) is -1.01. The van der Waals surface area contributed by atoms with E-state index >= 15 is 0 Å². The van der Waals surface area contributed by atoms with Crippen LogP contribution in [0.5, 0.6) is 0 Å². The van der Waals surface area contributed by atoms with Gasteiger partial charge >= 0.3 is 0 Å². The van der Waals surface area contributed by atoms with E-state index in [0.29, 0.717) is 17.0 Å². The van der Waals surface area contributed by atoms with Crippen LogP contribution in [0.25, 0.3) is 0 Å². The number of nitrogens with one attached hydrogen (secondary N) is 1. The third-order valence-corrected chi connectivity index (χ3v) is 5.52. The molecule has 4 nitrogen and oxygen atoms in total. The summed E-state index contributed by atoms with van der Waals surface area (Å²) in [5.41, 5.74) is 2.06. The summed E-state index contributed by atoms with van der Waals surface area (Å²) >= 11 is 6.03. The SMILES string of the molecule is CC(C)NC(=O)[C@H](Cc1ccccc1)N(Cc1ccc(Cl)cc1)C(=O)Cc1ccccc1F. The average Bonchev–Trinajstić information content (AvgIpc) is 2.79. The van der Waals surface area contributed by atoms with Gasteiger partial charge in [-0.1, -0.05) is 72.3 Å². The third kappa shape index (κ3) is 7.16. The Bertz CT molecular complexity index is 1070. The minimum atomic E-state index is -0.759. The number of hydrogen-bond donors (Lipinski definition) is 1. The van der Waals surface area contributed by atoms with Gasteiger partial charge in [0.25, 0.3) is 0 Å². The van der Waals surface area contributed by atoms with Crippen molar-refractivity contribution >= 4 is 23.4 Å². The van der Waals surface area contributed by atoms with E-state index in [-0.39, 0.29) is 30.8 Å². The third-order valence-electron chi connectivity index (χ3n) is 5.27. The van der Waals surface area contributed by atoms with Crippen molar-refractivity contribution in [1.82, 2.24) is 10.2 Å². The number of amides is 2. The summed E-state index contributed by atoms with van der Waals surface area (Å²) in [7, 11) is 0. The highest BCUT2D eigenvalue weighted by atomic mass is 35.5. The van der Waals surface area contributed by atoms with Gasteiger partial charge < -0.3 is 10.2 Å². The van der Waals surface area contributed by atoms with Gasteiger partial charge in [-0.2, -0.15) is 0 Å². The molecule has 0 aliphatic heterocycles. The first-order chi connectivity index (χ1) is 15.8. The van der Waals surface area contributed by atoms with E-state index in [0.717, 1.165) is 11.1 Å². The Kier molecular flexibility index (Phi) is 8.61. The Morgan fingerprint density at radius 2 is 1.55 bits per heavy atom. The molecule has 0 saturated heterocycles. The van der Waals surface area contributed by atoms with Gasteiger partial charge in [0.05, 0.1) is 6.42 Å². The predicted molar refractivity (Wildman–Crippen MR) is 129 cm³/mol. The summed E-state index contributed by atoms with van der Waals surface area (Å²) in [4.78, 5) is 28.3. The largest absolute Gasteiger partial charge is 0.352 e. The molecule has 3 aromatic rings. The van der Waals surface area contributed by atoms with Crippen molar-refractivity contribution in [3.8, 4) is 0 Å². The van der Waals surface area contributed by atoms with Crippen molar-refractivity contribution in [3.05, 3.63) is 106 Å². The molecule has 0 saturated carbocycles. The van der Waals surface area contributed by atoms with Crippen molar-refractivity contribution < 1.29 is 14.0 Å². The second-order valence-corrected chi connectivity index (χ2v) is 8.72. The zero-order valence-electron chi connectivity index (χ0n) is 18.8. The fraction of sp³-hybridized carbons (Fsp3) is 0.259. The molecule has 0 aliphatic rings. The summed E-state index contributed by atoms with van der Waals surface area (Å²) in [6, 6.07) is 22.1. The lowest BCUT2D eigenvalue weighted by molar-refractivity contribution is -0.141. The highest BCUT2D eigenvalue weighted by Crippen LogP contribution is 2.19. The van der Waals surface area contributed by atoms with E-state index in [4.69, 9.17) is 11.6 Å². The van der Waals surface area contributed by atoms with Crippen molar-refractivity contribution in [2.75, 3.05) is 0 Å². The number of carbonyl (C=O) groups excluding carboxylic acids is 2. The molecule has 3 rings (SSSR count). The Labute approximate surface area is 199 Å². The number of rotatable bonds is 9. The molecule has 0 spiro atoms. The number of benzene rings is 3. The summed E-state index contributed by atoms with van der Waals surface area (Å²) < 4.78 is 14.3. The van der Waals surface area contributed by atoms with Crippen LogP contribution in [-0.4, -0.2) is 28.8 Å². The second kappa shape index (κ2) is 11.6. The first kappa shape index (κ1) is 24.5. The summed E-state index contributed by atoms with van der Waals surface area (Å²) in [6.07, 6.45) is 0.205. The molecule has 6 heteroatoms. The van der Waals surface area contributed by atoms with Crippen molar-refractivity contribution in [2.45, 2.75) is 45.3 Å². The Morgan fingerprint density at radius 3 is 2.18 bits per heavy atom. The first-order valence-corrected chi connectivity index (χ1v) is 11.3. The van der Waals surface area contributed by atoms with E-state index in [1.54, 1.807) is 35.2 Å². The molecule has 1 atom stereocenters. The maximum absolute atomic E-state index is 14.3. The lowest BCUT2D eigenvalue weighted by atomic mass is 10.0. The van der Waals surface area contributed by atoms with E-state index in [1.165, 1.54) is 6.07 Å². The van der Waals surface area contributed by atoms with Gasteiger partial charge in [-0.05, 0) is 48.7 Å². The standard InChI is InChI=1S/C27H28ClFN2O2/c1-19(2)30-27(33)25(16-20-8-4-3-5-9-20)31(18-21-12-14-23(28)15-13-21)26(32)17-22-10-6-7-11-24(22)29/h3-15,19,25H,16-18H2,1-2H3,(H,30,33)/t25-/m0/s1. The van der Waals surface area contributed by atoms with Gasteiger partial charge in [0.15, 0.2) is 0 Å². The zero-order valence-corrected chi connectivity index (χ0v) is 19.6. The van der Waals surface area contributed by atoms with Gasteiger partial charge in [0.1, 0.15) is 11.9 Å². The zero-order chi connectivity index (χ0) is 23.8. The number of nitrogens with zero attached hydrogens (tertiary/aromatic N) is 1. The first-order valence-electron chi connectivity index (χ1n) is 10.9. The average molecular weight is 467 g/mol. The molecule has 2 amide bonds. The van der Waals surface area contributed by atoms with Crippen LogP contribution in [0.4, 0.5) is 4.39 Å². The number of carbonyl (C=O) groups is 2.